The predicted octanol–water partition coefficient (Wildman–Crippen LogP) is -0.131. The van der Waals surface area contributed by atoms with Gasteiger partial charge in [-0.05, 0) is 27.7 Å². The summed E-state index contributed by atoms with van der Waals surface area (Å²) in [5.74, 6) is 0. The molecule has 0 unspecified atom stereocenters. The molecule has 3 N–H and O–H groups in total. The maximum Gasteiger partial charge on any atom is 0.0992 e. The molecule has 1 heterocycles. The van der Waals surface area contributed by atoms with Gasteiger partial charge in [0.1, 0.15) is 0 Å². The van der Waals surface area contributed by atoms with E-state index < -0.39 is 12.2 Å². The summed E-state index contributed by atoms with van der Waals surface area (Å²) in [4.78, 5) is 0. The maximum absolute atomic E-state index is 9.55. The van der Waals surface area contributed by atoms with Crippen molar-refractivity contribution in [3.05, 3.63) is 0 Å². The highest BCUT2D eigenvalue weighted by atomic mass is 16.3. The summed E-state index contributed by atoms with van der Waals surface area (Å²) in [5, 5.41) is 22.3. The molecule has 1 rings (SSSR count). The van der Waals surface area contributed by atoms with Crippen molar-refractivity contribution in [2.75, 3.05) is 0 Å². The lowest BCUT2D eigenvalue weighted by Gasteiger charge is -2.25. The van der Waals surface area contributed by atoms with E-state index in [9.17, 15) is 10.2 Å². The quantitative estimate of drug-likeness (QED) is 0.461. The Kier molecular flexibility index (Phi) is 1.78. The molecule has 2 atom stereocenters. The molecule has 3 heteroatoms. The van der Waals surface area contributed by atoms with Crippen molar-refractivity contribution in [3.8, 4) is 0 Å². The Labute approximate surface area is 67.4 Å². The molecule has 66 valence electrons. The molecule has 1 saturated heterocycles. The number of hydrogen-bond donors (Lipinski definition) is 3. The van der Waals surface area contributed by atoms with Crippen molar-refractivity contribution in [2.24, 2.45) is 0 Å². The van der Waals surface area contributed by atoms with Gasteiger partial charge in [0, 0.05) is 11.1 Å². The lowest BCUT2D eigenvalue weighted by molar-refractivity contribution is 0.000554. The molecule has 0 spiro atoms. The van der Waals surface area contributed by atoms with Gasteiger partial charge in [-0.1, -0.05) is 0 Å². The van der Waals surface area contributed by atoms with Crippen molar-refractivity contribution >= 4 is 0 Å². The van der Waals surface area contributed by atoms with Gasteiger partial charge in [-0.15, -0.1) is 0 Å². The van der Waals surface area contributed by atoms with E-state index in [1.807, 2.05) is 27.7 Å². The van der Waals surface area contributed by atoms with Crippen LogP contribution in [0.4, 0.5) is 0 Å². The summed E-state index contributed by atoms with van der Waals surface area (Å²) >= 11 is 0. The lowest BCUT2D eigenvalue weighted by atomic mass is 9.94. The molecule has 0 aromatic carbocycles. The highest BCUT2D eigenvalue weighted by molar-refractivity contribution is 5.09. The smallest absolute Gasteiger partial charge is 0.0992 e. The van der Waals surface area contributed by atoms with Crippen LogP contribution < -0.4 is 5.32 Å². The summed E-state index contributed by atoms with van der Waals surface area (Å²) in [7, 11) is 0. The van der Waals surface area contributed by atoms with Crippen LogP contribution in [0.1, 0.15) is 27.7 Å². The van der Waals surface area contributed by atoms with E-state index in [1.165, 1.54) is 0 Å². The summed E-state index contributed by atoms with van der Waals surface area (Å²) in [6.07, 6.45) is -1.37. The summed E-state index contributed by atoms with van der Waals surface area (Å²) in [6.45, 7) is 7.54. The van der Waals surface area contributed by atoms with Gasteiger partial charge in [-0.25, -0.2) is 0 Å². The molecule has 11 heavy (non-hydrogen) atoms. The van der Waals surface area contributed by atoms with Crippen molar-refractivity contribution in [2.45, 2.75) is 51.0 Å². The Bertz CT molecular complexity index is 147. The van der Waals surface area contributed by atoms with Gasteiger partial charge < -0.3 is 15.5 Å². The van der Waals surface area contributed by atoms with Crippen LogP contribution in [0.2, 0.25) is 0 Å². The lowest BCUT2D eigenvalue weighted by Crippen LogP contribution is -2.47. The minimum absolute atomic E-state index is 0.386. The third-order valence-corrected chi connectivity index (χ3v) is 2.42. The van der Waals surface area contributed by atoms with Gasteiger partial charge in [0.2, 0.25) is 0 Å². The van der Waals surface area contributed by atoms with Gasteiger partial charge in [0.05, 0.1) is 12.2 Å². The second kappa shape index (κ2) is 2.19. The second-order valence-electron chi connectivity index (χ2n) is 4.46. The number of nitrogens with one attached hydrogen (secondary N) is 1. The fourth-order valence-corrected chi connectivity index (χ4v) is 1.77. The minimum Gasteiger partial charge on any atom is -0.388 e. The second-order valence-corrected chi connectivity index (χ2v) is 4.46. The van der Waals surface area contributed by atoms with Crippen LogP contribution in [0.3, 0.4) is 0 Å². The zero-order chi connectivity index (χ0) is 8.86. The molecular weight excluding hydrogens is 142 g/mol. The standard InChI is InChI=1S/C8H17NO2/c1-7(2)5(10)6(11)8(3,4)9-7/h5-6,9-11H,1-4H3/t5-,6-/m0/s1. The summed E-state index contributed by atoms with van der Waals surface area (Å²) in [6, 6.07) is 0. The van der Waals surface area contributed by atoms with Crippen molar-refractivity contribution in [1.82, 2.24) is 5.32 Å². The molecule has 0 saturated carbocycles. The van der Waals surface area contributed by atoms with Crippen LogP contribution in [0.15, 0.2) is 0 Å². The van der Waals surface area contributed by atoms with Crippen LogP contribution in [0, 0.1) is 0 Å². The van der Waals surface area contributed by atoms with Crippen LogP contribution in [0.25, 0.3) is 0 Å². The van der Waals surface area contributed by atoms with Crippen LogP contribution in [-0.2, 0) is 0 Å². The summed E-state index contributed by atoms with van der Waals surface area (Å²) < 4.78 is 0. The zero-order valence-electron chi connectivity index (χ0n) is 7.55. The van der Waals surface area contributed by atoms with E-state index in [-0.39, 0.29) is 11.1 Å². The van der Waals surface area contributed by atoms with Crippen LogP contribution >= 0.6 is 0 Å². The van der Waals surface area contributed by atoms with Crippen LogP contribution in [-0.4, -0.2) is 33.5 Å². The Morgan fingerprint density at radius 2 is 1.18 bits per heavy atom. The fraction of sp³-hybridized carbons (Fsp3) is 1.00. The first-order chi connectivity index (χ1) is 4.77. The first-order valence-corrected chi connectivity index (χ1v) is 3.93. The third kappa shape index (κ3) is 1.28. The Balaban J connectivity index is 2.86. The van der Waals surface area contributed by atoms with E-state index in [0.717, 1.165) is 0 Å². The van der Waals surface area contributed by atoms with Gasteiger partial charge in [0.25, 0.3) is 0 Å². The van der Waals surface area contributed by atoms with E-state index in [4.69, 9.17) is 0 Å². The van der Waals surface area contributed by atoms with Gasteiger partial charge in [-0.3, -0.25) is 0 Å². The fourth-order valence-electron chi connectivity index (χ4n) is 1.77. The molecule has 3 nitrogen and oxygen atoms in total. The Morgan fingerprint density at radius 3 is 1.27 bits per heavy atom. The minimum atomic E-state index is -0.683. The van der Waals surface area contributed by atoms with Crippen molar-refractivity contribution in [3.63, 3.8) is 0 Å². The highest BCUT2D eigenvalue weighted by Crippen LogP contribution is 2.30. The SMILES string of the molecule is CC1(C)NC(C)(C)[C@@H](O)[C@@H]1O. The zero-order valence-corrected chi connectivity index (χ0v) is 7.55. The van der Waals surface area contributed by atoms with E-state index >= 15 is 0 Å². The monoisotopic (exact) mass is 159 g/mol. The summed E-state index contributed by atoms with van der Waals surface area (Å²) in [5.41, 5.74) is -0.772. The molecule has 1 aliphatic rings. The average molecular weight is 159 g/mol. The average Bonchev–Trinajstić information content (AvgIpc) is 1.91. The van der Waals surface area contributed by atoms with Gasteiger partial charge in [0.15, 0.2) is 0 Å². The van der Waals surface area contributed by atoms with E-state index in [2.05, 4.69) is 5.32 Å². The van der Waals surface area contributed by atoms with Crippen LogP contribution in [0.5, 0.6) is 0 Å². The molecule has 0 aromatic rings. The largest absolute Gasteiger partial charge is 0.388 e. The van der Waals surface area contributed by atoms with Gasteiger partial charge in [-0.2, -0.15) is 0 Å². The Morgan fingerprint density at radius 1 is 0.909 bits per heavy atom. The van der Waals surface area contributed by atoms with E-state index in [0.29, 0.717) is 0 Å². The molecule has 1 fully saturated rings. The molecule has 0 radical (unpaired) electrons. The topological polar surface area (TPSA) is 52.5 Å². The number of hydrogen-bond acceptors (Lipinski definition) is 3. The molecule has 0 bridgehead atoms. The highest BCUT2D eigenvalue weighted by Gasteiger charge is 2.50. The normalized spacial score (nSPS) is 40.9. The molecule has 0 aromatic heterocycles. The van der Waals surface area contributed by atoms with Gasteiger partial charge >= 0.3 is 0 Å². The first kappa shape index (κ1) is 8.97. The Hall–Kier alpha value is -0.120. The van der Waals surface area contributed by atoms with Crippen molar-refractivity contribution < 1.29 is 10.2 Å². The maximum atomic E-state index is 9.55. The molecule has 0 aliphatic carbocycles. The number of rotatable bonds is 0. The van der Waals surface area contributed by atoms with Crippen molar-refractivity contribution in [1.29, 1.82) is 0 Å². The van der Waals surface area contributed by atoms with E-state index in [1.54, 1.807) is 0 Å². The third-order valence-electron chi connectivity index (χ3n) is 2.42. The molecule has 1 aliphatic heterocycles. The first-order valence-electron chi connectivity index (χ1n) is 3.93. The molecule has 0 amide bonds. The molecular formula is C8H17NO2. The number of aliphatic hydroxyl groups is 2. The number of aliphatic hydroxyl groups excluding tert-OH is 2. The predicted molar refractivity (Wildman–Crippen MR) is 43.3 cm³/mol.